The van der Waals surface area contributed by atoms with E-state index in [4.69, 9.17) is 16.3 Å². The number of halogens is 1. The number of benzene rings is 1. The van der Waals surface area contributed by atoms with E-state index < -0.39 is 0 Å². The summed E-state index contributed by atoms with van der Waals surface area (Å²) in [4.78, 5) is 2.67. The van der Waals surface area contributed by atoms with E-state index in [2.05, 4.69) is 48.5 Å². The van der Waals surface area contributed by atoms with E-state index in [1.54, 1.807) is 0 Å². The smallest absolute Gasteiger partial charge is 0.0591 e. The Balaban J connectivity index is 0.000000258. The third-order valence-electron chi connectivity index (χ3n) is 5.97. The van der Waals surface area contributed by atoms with Crippen LogP contribution in [-0.2, 0) is 10.3 Å². The van der Waals surface area contributed by atoms with E-state index in [0.29, 0.717) is 0 Å². The van der Waals surface area contributed by atoms with Gasteiger partial charge in [-0.2, -0.15) is 0 Å². The Labute approximate surface area is 158 Å². The van der Waals surface area contributed by atoms with Crippen LogP contribution in [0.4, 0.5) is 0 Å². The van der Waals surface area contributed by atoms with Crippen LogP contribution >= 0.6 is 11.6 Å². The molecule has 1 heterocycles. The predicted molar refractivity (Wildman–Crippen MR) is 105 cm³/mol. The van der Waals surface area contributed by atoms with Crippen molar-refractivity contribution in [1.29, 1.82) is 0 Å². The Morgan fingerprint density at radius 2 is 1.80 bits per heavy atom. The topological polar surface area (TPSA) is 24.5 Å². The Kier molecular flexibility index (Phi) is 6.79. The summed E-state index contributed by atoms with van der Waals surface area (Å²) >= 11 is 6.07. The third kappa shape index (κ3) is 4.97. The highest BCUT2D eigenvalue weighted by molar-refractivity contribution is 6.30. The third-order valence-corrected chi connectivity index (χ3v) is 6.22. The maximum absolute atomic E-state index is 6.07. The molecule has 2 unspecified atom stereocenters. The highest BCUT2D eigenvalue weighted by Gasteiger charge is 2.45. The first-order valence-electron chi connectivity index (χ1n) is 9.89. The Morgan fingerprint density at radius 3 is 2.28 bits per heavy atom. The van der Waals surface area contributed by atoms with Crippen molar-refractivity contribution in [2.75, 3.05) is 33.4 Å². The average Bonchev–Trinajstić information content (AvgIpc) is 3.49. The Bertz CT molecular complexity index is 516. The highest BCUT2D eigenvalue weighted by Crippen LogP contribution is 2.47. The summed E-state index contributed by atoms with van der Waals surface area (Å²) in [5.41, 5.74) is 1.72. The minimum absolute atomic E-state index is 0.253. The average molecular weight is 365 g/mol. The first kappa shape index (κ1) is 19.2. The summed E-state index contributed by atoms with van der Waals surface area (Å²) in [5, 5.41) is 4.00. The van der Waals surface area contributed by atoms with E-state index in [1.807, 2.05) is 0 Å². The molecule has 3 nitrogen and oxygen atoms in total. The van der Waals surface area contributed by atoms with E-state index in [-0.39, 0.29) is 5.54 Å². The molecule has 1 aromatic carbocycles. The lowest BCUT2D eigenvalue weighted by Gasteiger charge is -2.47. The molecular formula is C21H33ClN2O. The van der Waals surface area contributed by atoms with Gasteiger partial charge in [-0.15, -0.1) is 0 Å². The van der Waals surface area contributed by atoms with Gasteiger partial charge in [-0.3, -0.25) is 4.90 Å². The van der Waals surface area contributed by atoms with Crippen LogP contribution in [0.5, 0.6) is 0 Å². The number of rotatable bonds is 3. The normalized spacial score (nSPS) is 29.8. The molecule has 2 aliphatic carbocycles. The van der Waals surface area contributed by atoms with Crippen molar-refractivity contribution < 1.29 is 4.74 Å². The van der Waals surface area contributed by atoms with Gasteiger partial charge < -0.3 is 10.1 Å². The van der Waals surface area contributed by atoms with Crippen molar-refractivity contribution in [3.8, 4) is 0 Å². The van der Waals surface area contributed by atoms with E-state index >= 15 is 0 Å². The zero-order valence-electron chi connectivity index (χ0n) is 15.8. The molecule has 1 N–H and O–H groups in total. The van der Waals surface area contributed by atoms with Gasteiger partial charge in [-0.05, 0) is 56.3 Å². The second-order valence-corrected chi connectivity index (χ2v) is 8.38. The second kappa shape index (κ2) is 8.85. The maximum Gasteiger partial charge on any atom is 0.0591 e. The van der Waals surface area contributed by atoms with Crippen molar-refractivity contribution in [1.82, 2.24) is 10.2 Å². The number of nitrogens with zero attached hydrogens (tertiary/aromatic N) is 1. The largest absolute Gasteiger partial charge is 0.379 e. The van der Waals surface area contributed by atoms with Crippen molar-refractivity contribution in [2.45, 2.75) is 57.0 Å². The quantitative estimate of drug-likeness (QED) is 0.857. The van der Waals surface area contributed by atoms with Crippen LogP contribution in [0.3, 0.4) is 0 Å². The molecule has 1 aliphatic heterocycles. The molecule has 2 saturated carbocycles. The fraction of sp³-hybridized carbons (Fsp3) is 0.714. The molecule has 2 atom stereocenters. The van der Waals surface area contributed by atoms with Crippen molar-refractivity contribution in [2.24, 2.45) is 5.92 Å². The summed E-state index contributed by atoms with van der Waals surface area (Å²) in [6, 6.07) is 9.41. The minimum Gasteiger partial charge on any atom is -0.379 e. The number of hydrogen-bond acceptors (Lipinski definition) is 3. The molecule has 3 aliphatic rings. The summed E-state index contributed by atoms with van der Waals surface area (Å²) in [5.74, 6) is 0.825. The summed E-state index contributed by atoms with van der Waals surface area (Å²) in [6.45, 7) is 6.24. The van der Waals surface area contributed by atoms with Crippen molar-refractivity contribution in [3.05, 3.63) is 34.9 Å². The van der Waals surface area contributed by atoms with Crippen LogP contribution in [0.2, 0.25) is 5.02 Å². The molecule has 0 aromatic heterocycles. The first-order valence-corrected chi connectivity index (χ1v) is 10.3. The van der Waals surface area contributed by atoms with Crippen LogP contribution in [0.1, 0.15) is 51.0 Å². The molecule has 1 aromatic rings. The van der Waals surface area contributed by atoms with Gasteiger partial charge in [-0.25, -0.2) is 0 Å². The molecule has 4 heteroatoms. The van der Waals surface area contributed by atoms with Crippen LogP contribution in [0.15, 0.2) is 24.3 Å². The molecule has 4 rings (SSSR count). The van der Waals surface area contributed by atoms with Gasteiger partial charge in [0.25, 0.3) is 0 Å². The number of nitrogens with one attached hydrogen (secondary N) is 1. The molecular weight excluding hydrogens is 332 g/mol. The summed E-state index contributed by atoms with van der Waals surface area (Å²) < 4.78 is 5.01. The number of hydrogen-bond donors (Lipinski definition) is 1. The van der Waals surface area contributed by atoms with Crippen molar-refractivity contribution in [3.63, 3.8) is 0 Å². The van der Waals surface area contributed by atoms with Gasteiger partial charge >= 0.3 is 0 Å². The fourth-order valence-corrected chi connectivity index (χ4v) is 4.52. The zero-order valence-corrected chi connectivity index (χ0v) is 16.5. The second-order valence-electron chi connectivity index (χ2n) is 7.94. The van der Waals surface area contributed by atoms with Crippen LogP contribution in [0.25, 0.3) is 0 Å². The Hall–Kier alpha value is -0.610. The van der Waals surface area contributed by atoms with Crippen LogP contribution in [-0.4, -0.2) is 44.3 Å². The number of morpholine rings is 1. The van der Waals surface area contributed by atoms with Gasteiger partial charge in [0.15, 0.2) is 0 Å². The van der Waals surface area contributed by atoms with Crippen LogP contribution in [0, 0.1) is 5.92 Å². The lowest BCUT2D eigenvalue weighted by molar-refractivity contribution is 0.0446. The first-order chi connectivity index (χ1) is 12.1. The standard InChI is InChI=1S/C17H24ClN.C4H9NO/c1-13-4-3-11-17(12-13,19(2)16-9-10-16)14-5-7-15(18)8-6-14;1-3-6-4-2-5-1/h5-8,13,16H,3-4,9-12H2,1-2H3;5H,1-4H2. The highest BCUT2D eigenvalue weighted by atomic mass is 35.5. The molecule has 140 valence electrons. The number of ether oxygens (including phenoxy) is 1. The van der Waals surface area contributed by atoms with Gasteiger partial charge in [0.2, 0.25) is 0 Å². The molecule has 0 radical (unpaired) electrons. The zero-order chi connectivity index (χ0) is 17.7. The molecule has 0 spiro atoms. The lowest BCUT2D eigenvalue weighted by Crippen LogP contribution is -2.48. The molecule has 1 saturated heterocycles. The molecule has 25 heavy (non-hydrogen) atoms. The molecule has 0 amide bonds. The van der Waals surface area contributed by atoms with Gasteiger partial charge in [0.1, 0.15) is 0 Å². The van der Waals surface area contributed by atoms with Gasteiger partial charge in [0.05, 0.1) is 13.2 Å². The SMILES string of the molecule is C1COCCN1.CC1CCCC(c2ccc(Cl)cc2)(N(C)C2CC2)C1. The summed E-state index contributed by atoms with van der Waals surface area (Å²) in [7, 11) is 2.34. The Morgan fingerprint density at radius 1 is 1.12 bits per heavy atom. The maximum atomic E-state index is 6.07. The van der Waals surface area contributed by atoms with E-state index in [9.17, 15) is 0 Å². The minimum atomic E-state index is 0.253. The predicted octanol–water partition coefficient (Wildman–Crippen LogP) is 4.45. The lowest BCUT2D eigenvalue weighted by atomic mass is 9.71. The van der Waals surface area contributed by atoms with Gasteiger partial charge in [-0.1, -0.05) is 43.5 Å². The monoisotopic (exact) mass is 364 g/mol. The molecule has 0 bridgehead atoms. The van der Waals surface area contributed by atoms with Gasteiger partial charge in [0, 0.05) is 29.7 Å². The molecule has 3 fully saturated rings. The van der Waals surface area contributed by atoms with Crippen LogP contribution < -0.4 is 5.32 Å². The summed E-state index contributed by atoms with van der Waals surface area (Å²) in [6.07, 6.45) is 8.07. The fourth-order valence-electron chi connectivity index (χ4n) is 4.40. The van der Waals surface area contributed by atoms with Crippen molar-refractivity contribution >= 4 is 11.6 Å². The van der Waals surface area contributed by atoms with E-state index in [1.165, 1.54) is 44.1 Å². The van der Waals surface area contributed by atoms with E-state index in [0.717, 1.165) is 43.3 Å².